The Balaban J connectivity index is 2.39. The lowest BCUT2D eigenvalue weighted by Gasteiger charge is -2.16. The number of hydrogen-bond donors (Lipinski definition) is 0. The van der Waals surface area contributed by atoms with Gasteiger partial charge in [0.2, 0.25) is 0 Å². The second-order valence-electron chi connectivity index (χ2n) is 4.67. The van der Waals surface area contributed by atoms with E-state index in [-0.39, 0.29) is 0 Å². The first-order valence-corrected chi connectivity index (χ1v) is 6.40. The quantitative estimate of drug-likeness (QED) is 0.715. The monoisotopic (exact) mass is 266 g/mol. The molecule has 5 heteroatoms. The summed E-state index contributed by atoms with van der Waals surface area (Å²) in [6, 6.07) is 0. The van der Waals surface area contributed by atoms with Crippen molar-refractivity contribution in [2.24, 2.45) is 11.8 Å². The molecule has 0 saturated carbocycles. The van der Waals surface area contributed by atoms with Gasteiger partial charge in [0.1, 0.15) is 11.5 Å². The minimum atomic E-state index is -0.678. The van der Waals surface area contributed by atoms with Crippen LogP contribution in [0.15, 0.2) is 23.7 Å². The summed E-state index contributed by atoms with van der Waals surface area (Å²) in [6.45, 7) is 0. The average Bonchev–Trinajstić information content (AvgIpc) is 2.76. The fourth-order valence-electron chi connectivity index (χ4n) is 2.41. The predicted molar refractivity (Wildman–Crippen MR) is 66.7 cm³/mol. The highest BCUT2D eigenvalue weighted by molar-refractivity contribution is 5.85. The fourth-order valence-corrected chi connectivity index (χ4v) is 2.41. The van der Waals surface area contributed by atoms with Crippen molar-refractivity contribution < 1.29 is 23.8 Å². The Labute approximate surface area is 112 Å². The lowest BCUT2D eigenvalue weighted by atomic mass is 9.90. The van der Waals surface area contributed by atoms with Crippen molar-refractivity contribution in [1.29, 1.82) is 0 Å². The lowest BCUT2D eigenvalue weighted by Crippen LogP contribution is -2.29. The van der Waals surface area contributed by atoms with Gasteiger partial charge in [-0.1, -0.05) is 0 Å². The van der Waals surface area contributed by atoms with Gasteiger partial charge in [0.25, 0.3) is 0 Å². The predicted octanol–water partition coefficient (Wildman–Crippen LogP) is 1.94. The number of fused-ring (bicyclic) bond motifs is 2. The molecule has 2 aliphatic rings. The molecule has 0 aromatic carbocycles. The van der Waals surface area contributed by atoms with Crippen LogP contribution in [0, 0.1) is 11.8 Å². The van der Waals surface area contributed by atoms with E-state index in [1.807, 2.05) is 0 Å². The number of rotatable bonds is 2. The van der Waals surface area contributed by atoms with E-state index in [1.54, 1.807) is 12.2 Å². The summed E-state index contributed by atoms with van der Waals surface area (Å²) in [5, 5.41) is 0. The highest BCUT2D eigenvalue weighted by Crippen LogP contribution is 2.33. The minimum Gasteiger partial charge on any atom is -0.469 e. The molecule has 2 rings (SSSR count). The maximum Gasteiger partial charge on any atom is 0.313 e. The molecule has 1 saturated heterocycles. The third kappa shape index (κ3) is 2.97. The number of ether oxygens (including phenoxy) is 3. The summed E-state index contributed by atoms with van der Waals surface area (Å²) in [4.78, 5) is 23.7. The third-order valence-corrected chi connectivity index (χ3v) is 3.42. The van der Waals surface area contributed by atoms with Crippen molar-refractivity contribution in [3.05, 3.63) is 23.7 Å². The number of carbonyl (C=O) groups is 2. The van der Waals surface area contributed by atoms with Crippen LogP contribution in [0.2, 0.25) is 0 Å². The number of esters is 2. The van der Waals surface area contributed by atoms with Gasteiger partial charge in [-0.25, -0.2) is 0 Å². The van der Waals surface area contributed by atoms with Gasteiger partial charge < -0.3 is 14.2 Å². The standard InChI is InChI=1S/C14H18O5/c1-17-13(15)11-7-9-5-3-4-6-10(19-9)8-12(11)14(16)18-2/h7-8,11-12H,3-6H2,1-2H3/t11-,12+. The fraction of sp³-hybridized carbons (Fsp3) is 0.571. The molecule has 0 aromatic heterocycles. The highest BCUT2D eigenvalue weighted by Gasteiger charge is 2.36. The van der Waals surface area contributed by atoms with E-state index < -0.39 is 23.8 Å². The molecule has 0 radical (unpaired) electrons. The van der Waals surface area contributed by atoms with Crippen LogP contribution >= 0.6 is 0 Å². The molecular formula is C14H18O5. The Hall–Kier alpha value is -1.78. The first-order valence-electron chi connectivity index (χ1n) is 6.40. The maximum atomic E-state index is 11.9. The zero-order valence-corrected chi connectivity index (χ0v) is 11.2. The summed E-state index contributed by atoms with van der Waals surface area (Å²) in [6.07, 6.45) is 6.97. The zero-order chi connectivity index (χ0) is 13.8. The number of carbonyl (C=O) groups excluding carboxylic acids is 2. The molecule has 104 valence electrons. The van der Waals surface area contributed by atoms with Crippen LogP contribution in [0.4, 0.5) is 0 Å². The minimum absolute atomic E-state index is 0.449. The molecular weight excluding hydrogens is 248 g/mol. The van der Waals surface area contributed by atoms with Crippen LogP contribution in [0.3, 0.4) is 0 Å². The van der Waals surface area contributed by atoms with Crippen molar-refractivity contribution in [3.63, 3.8) is 0 Å². The van der Waals surface area contributed by atoms with Crippen molar-refractivity contribution in [3.8, 4) is 0 Å². The average molecular weight is 266 g/mol. The van der Waals surface area contributed by atoms with Crippen molar-refractivity contribution >= 4 is 11.9 Å². The van der Waals surface area contributed by atoms with Crippen LogP contribution in [-0.2, 0) is 23.8 Å². The van der Waals surface area contributed by atoms with E-state index in [2.05, 4.69) is 0 Å². The SMILES string of the molecule is COC(=O)[C@H]1C=C2CCCCC(=C[C@H]1C(=O)OC)O2. The van der Waals surface area contributed by atoms with E-state index in [9.17, 15) is 9.59 Å². The van der Waals surface area contributed by atoms with Gasteiger partial charge >= 0.3 is 11.9 Å². The Kier molecular flexibility index (Phi) is 4.24. The normalized spacial score (nSPS) is 26.0. The Morgan fingerprint density at radius 2 is 1.42 bits per heavy atom. The van der Waals surface area contributed by atoms with Gasteiger partial charge in [0.05, 0.1) is 26.1 Å². The largest absolute Gasteiger partial charge is 0.469 e. The summed E-state index contributed by atoms with van der Waals surface area (Å²) in [5.74, 6) is -0.772. The molecule has 0 amide bonds. The van der Waals surface area contributed by atoms with Gasteiger partial charge in [-0.05, 0) is 25.0 Å². The molecule has 2 heterocycles. The first-order chi connectivity index (χ1) is 9.15. The maximum absolute atomic E-state index is 11.9. The summed E-state index contributed by atoms with van der Waals surface area (Å²) >= 11 is 0. The second-order valence-corrected chi connectivity index (χ2v) is 4.67. The summed E-state index contributed by atoms with van der Waals surface area (Å²) in [5.41, 5.74) is 0. The van der Waals surface area contributed by atoms with Crippen LogP contribution in [0.1, 0.15) is 25.7 Å². The molecule has 2 bridgehead atoms. The molecule has 0 spiro atoms. The molecule has 2 aliphatic heterocycles. The Morgan fingerprint density at radius 1 is 1.00 bits per heavy atom. The van der Waals surface area contributed by atoms with Crippen LogP contribution < -0.4 is 0 Å². The van der Waals surface area contributed by atoms with Gasteiger partial charge in [-0.3, -0.25) is 9.59 Å². The molecule has 19 heavy (non-hydrogen) atoms. The Morgan fingerprint density at radius 3 is 1.79 bits per heavy atom. The van der Waals surface area contributed by atoms with Crippen molar-refractivity contribution in [1.82, 2.24) is 0 Å². The smallest absolute Gasteiger partial charge is 0.313 e. The van der Waals surface area contributed by atoms with Crippen LogP contribution in [0.25, 0.3) is 0 Å². The molecule has 0 aliphatic carbocycles. The van der Waals surface area contributed by atoms with Gasteiger partial charge in [-0.2, -0.15) is 0 Å². The Bertz CT molecular complexity index is 395. The van der Waals surface area contributed by atoms with E-state index in [1.165, 1.54) is 14.2 Å². The summed E-state index contributed by atoms with van der Waals surface area (Å²) in [7, 11) is 2.62. The van der Waals surface area contributed by atoms with Gasteiger partial charge in [0, 0.05) is 12.8 Å². The molecule has 0 unspecified atom stereocenters. The van der Waals surface area contributed by atoms with Crippen molar-refractivity contribution in [2.45, 2.75) is 25.7 Å². The van der Waals surface area contributed by atoms with Crippen LogP contribution in [0.5, 0.6) is 0 Å². The number of hydrogen-bond acceptors (Lipinski definition) is 5. The number of allylic oxidation sites excluding steroid dienone is 2. The molecule has 5 nitrogen and oxygen atoms in total. The van der Waals surface area contributed by atoms with E-state index >= 15 is 0 Å². The zero-order valence-electron chi connectivity index (χ0n) is 11.2. The van der Waals surface area contributed by atoms with E-state index in [0.717, 1.165) is 37.2 Å². The van der Waals surface area contributed by atoms with Crippen LogP contribution in [-0.4, -0.2) is 26.2 Å². The molecule has 2 atom stereocenters. The lowest BCUT2D eigenvalue weighted by molar-refractivity contribution is -0.153. The van der Waals surface area contributed by atoms with E-state index in [4.69, 9.17) is 14.2 Å². The second kappa shape index (κ2) is 5.91. The van der Waals surface area contributed by atoms with Gasteiger partial charge in [-0.15, -0.1) is 0 Å². The first kappa shape index (κ1) is 13.6. The van der Waals surface area contributed by atoms with E-state index in [0.29, 0.717) is 0 Å². The molecule has 0 N–H and O–H groups in total. The number of methoxy groups -OCH3 is 2. The van der Waals surface area contributed by atoms with Crippen molar-refractivity contribution in [2.75, 3.05) is 14.2 Å². The van der Waals surface area contributed by atoms with Gasteiger partial charge in [0.15, 0.2) is 0 Å². The molecule has 0 aromatic rings. The third-order valence-electron chi connectivity index (χ3n) is 3.42. The molecule has 1 fully saturated rings. The summed E-state index contributed by atoms with van der Waals surface area (Å²) < 4.78 is 15.3. The highest BCUT2D eigenvalue weighted by atomic mass is 16.5. The topological polar surface area (TPSA) is 61.8 Å².